The van der Waals surface area contributed by atoms with Gasteiger partial charge in [-0.3, -0.25) is 4.98 Å². The summed E-state index contributed by atoms with van der Waals surface area (Å²) in [6.07, 6.45) is 3.45. The molecule has 1 rings (SSSR count). The molecule has 0 aliphatic heterocycles. The Hall–Kier alpha value is -0.930. The highest BCUT2D eigenvalue weighted by molar-refractivity contribution is 5.13. The van der Waals surface area contributed by atoms with Gasteiger partial charge in [-0.25, -0.2) is 0 Å². The average molecular weight is 137 g/mol. The molecule has 0 saturated carbocycles. The first-order valence-electron chi connectivity index (χ1n) is 3.20. The molecule has 1 atom stereocenters. The number of pyridine rings is 1. The van der Waals surface area contributed by atoms with E-state index in [1.165, 1.54) is 0 Å². The first-order chi connectivity index (χ1) is 4.84. The van der Waals surface area contributed by atoms with Crippen LogP contribution in [0.2, 0.25) is 0 Å². The van der Waals surface area contributed by atoms with E-state index in [2.05, 4.69) is 4.98 Å². The van der Waals surface area contributed by atoms with E-state index in [9.17, 15) is 0 Å². The lowest BCUT2D eigenvalue weighted by atomic mass is 10.1. The van der Waals surface area contributed by atoms with Crippen LogP contribution < -0.4 is 11.5 Å². The minimum Gasteiger partial charge on any atom is -0.329 e. The fraction of sp³-hybridized carbons (Fsp3) is 0.286. The molecule has 1 aromatic heterocycles. The lowest BCUT2D eigenvalue weighted by molar-refractivity contribution is 0.733. The summed E-state index contributed by atoms with van der Waals surface area (Å²) in [4.78, 5) is 3.92. The summed E-state index contributed by atoms with van der Waals surface area (Å²) in [5.41, 5.74) is 12.0. The van der Waals surface area contributed by atoms with Gasteiger partial charge in [0, 0.05) is 25.0 Å². The van der Waals surface area contributed by atoms with Crippen LogP contribution in [-0.4, -0.2) is 11.5 Å². The fourth-order valence-corrected chi connectivity index (χ4v) is 0.731. The fourth-order valence-electron chi connectivity index (χ4n) is 0.731. The van der Waals surface area contributed by atoms with Crippen molar-refractivity contribution in [3.8, 4) is 0 Å². The molecule has 0 fully saturated rings. The van der Waals surface area contributed by atoms with Crippen LogP contribution in [0, 0.1) is 0 Å². The standard InChI is InChI=1S/C7H11N3/c8-4-7(9)6-2-1-3-10-5-6/h1-3,5,7H,4,8-9H2/t7-/m0/s1. The molecule has 0 aromatic carbocycles. The molecule has 1 heterocycles. The van der Waals surface area contributed by atoms with Crippen molar-refractivity contribution in [2.24, 2.45) is 11.5 Å². The first kappa shape index (κ1) is 7.18. The molecule has 0 amide bonds. The molecule has 0 spiro atoms. The molecular formula is C7H11N3. The second-order valence-electron chi connectivity index (χ2n) is 2.13. The van der Waals surface area contributed by atoms with E-state index >= 15 is 0 Å². The molecule has 1 aromatic rings. The third kappa shape index (κ3) is 1.52. The largest absolute Gasteiger partial charge is 0.329 e. The minimum absolute atomic E-state index is 0.0753. The molecule has 0 aliphatic rings. The summed E-state index contributed by atoms with van der Waals surface area (Å²) < 4.78 is 0. The molecule has 4 N–H and O–H groups in total. The van der Waals surface area contributed by atoms with E-state index in [0.717, 1.165) is 5.56 Å². The summed E-state index contributed by atoms with van der Waals surface area (Å²) in [6.45, 7) is 0.464. The molecule has 0 unspecified atom stereocenters. The first-order valence-corrected chi connectivity index (χ1v) is 3.20. The van der Waals surface area contributed by atoms with Crippen LogP contribution in [0.5, 0.6) is 0 Å². The van der Waals surface area contributed by atoms with Crippen LogP contribution in [0.3, 0.4) is 0 Å². The van der Waals surface area contributed by atoms with Gasteiger partial charge in [0.05, 0.1) is 0 Å². The summed E-state index contributed by atoms with van der Waals surface area (Å²) in [5.74, 6) is 0. The second kappa shape index (κ2) is 3.29. The lowest BCUT2D eigenvalue weighted by Gasteiger charge is -2.06. The zero-order valence-corrected chi connectivity index (χ0v) is 5.70. The van der Waals surface area contributed by atoms with Crippen LogP contribution in [0.15, 0.2) is 24.5 Å². The van der Waals surface area contributed by atoms with Gasteiger partial charge < -0.3 is 11.5 Å². The maximum absolute atomic E-state index is 5.63. The molecule has 0 aliphatic carbocycles. The van der Waals surface area contributed by atoms with Gasteiger partial charge >= 0.3 is 0 Å². The van der Waals surface area contributed by atoms with Crippen molar-refractivity contribution in [1.29, 1.82) is 0 Å². The Morgan fingerprint density at radius 2 is 2.40 bits per heavy atom. The number of nitrogens with two attached hydrogens (primary N) is 2. The monoisotopic (exact) mass is 137 g/mol. The molecule has 10 heavy (non-hydrogen) atoms. The van der Waals surface area contributed by atoms with E-state index in [-0.39, 0.29) is 6.04 Å². The SMILES string of the molecule is NC[C@H](N)c1cccnc1. The summed E-state index contributed by atoms with van der Waals surface area (Å²) >= 11 is 0. The summed E-state index contributed by atoms with van der Waals surface area (Å²) in [5, 5.41) is 0. The minimum atomic E-state index is -0.0753. The number of hydrogen-bond acceptors (Lipinski definition) is 3. The van der Waals surface area contributed by atoms with Gasteiger partial charge in [0.2, 0.25) is 0 Å². The second-order valence-corrected chi connectivity index (χ2v) is 2.13. The van der Waals surface area contributed by atoms with Crippen molar-refractivity contribution in [2.45, 2.75) is 6.04 Å². The third-order valence-corrected chi connectivity index (χ3v) is 1.37. The van der Waals surface area contributed by atoms with Crippen molar-refractivity contribution in [1.82, 2.24) is 4.98 Å². The molecule has 0 bridgehead atoms. The Labute approximate surface area is 60.1 Å². The van der Waals surface area contributed by atoms with Crippen molar-refractivity contribution in [2.75, 3.05) is 6.54 Å². The topological polar surface area (TPSA) is 64.9 Å². The Kier molecular flexibility index (Phi) is 2.36. The highest BCUT2D eigenvalue weighted by Gasteiger charge is 2.00. The highest BCUT2D eigenvalue weighted by atomic mass is 14.7. The van der Waals surface area contributed by atoms with Crippen molar-refractivity contribution in [3.63, 3.8) is 0 Å². The van der Waals surface area contributed by atoms with Crippen LogP contribution in [0.4, 0.5) is 0 Å². The van der Waals surface area contributed by atoms with Crippen LogP contribution in [0.1, 0.15) is 11.6 Å². The molecule has 0 radical (unpaired) electrons. The van der Waals surface area contributed by atoms with Crippen molar-refractivity contribution >= 4 is 0 Å². The zero-order chi connectivity index (χ0) is 7.40. The summed E-state index contributed by atoms with van der Waals surface area (Å²) in [6, 6.07) is 3.70. The van der Waals surface area contributed by atoms with Gasteiger partial charge in [-0.2, -0.15) is 0 Å². The van der Waals surface area contributed by atoms with Crippen LogP contribution in [0.25, 0.3) is 0 Å². The molecule has 3 nitrogen and oxygen atoms in total. The van der Waals surface area contributed by atoms with Gasteiger partial charge in [0.25, 0.3) is 0 Å². The molecule has 54 valence electrons. The van der Waals surface area contributed by atoms with Gasteiger partial charge in [0.1, 0.15) is 0 Å². The van der Waals surface area contributed by atoms with Gasteiger partial charge in [0.15, 0.2) is 0 Å². The van der Waals surface area contributed by atoms with E-state index in [1.54, 1.807) is 12.4 Å². The Balaban J connectivity index is 2.75. The Morgan fingerprint density at radius 3 is 2.90 bits per heavy atom. The average Bonchev–Trinajstić information content (AvgIpc) is 2.05. The quantitative estimate of drug-likeness (QED) is 0.605. The lowest BCUT2D eigenvalue weighted by Crippen LogP contribution is -2.20. The van der Waals surface area contributed by atoms with Crippen molar-refractivity contribution < 1.29 is 0 Å². The van der Waals surface area contributed by atoms with Gasteiger partial charge in [-0.1, -0.05) is 6.07 Å². The number of rotatable bonds is 2. The Bertz CT molecular complexity index is 185. The number of hydrogen-bond donors (Lipinski definition) is 2. The number of nitrogens with zero attached hydrogens (tertiary/aromatic N) is 1. The molecule has 3 heteroatoms. The van der Waals surface area contributed by atoms with Gasteiger partial charge in [-0.05, 0) is 11.6 Å². The van der Waals surface area contributed by atoms with E-state index < -0.39 is 0 Å². The van der Waals surface area contributed by atoms with Crippen LogP contribution >= 0.6 is 0 Å². The Morgan fingerprint density at radius 1 is 1.60 bits per heavy atom. The van der Waals surface area contributed by atoms with Gasteiger partial charge in [-0.15, -0.1) is 0 Å². The zero-order valence-electron chi connectivity index (χ0n) is 5.70. The molecule has 0 saturated heterocycles. The highest BCUT2D eigenvalue weighted by Crippen LogP contribution is 2.04. The van der Waals surface area contributed by atoms with Crippen molar-refractivity contribution in [3.05, 3.63) is 30.1 Å². The third-order valence-electron chi connectivity index (χ3n) is 1.37. The smallest absolute Gasteiger partial charge is 0.0434 e. The van der Waals surface area contributed by atoms with E-state index in [1.807, 2.05) is 12.1 Å². The number of aromatic nitrogens is 1. The predicted molar refractivity (Wildman–Crippen MR) is 40.2 cm³/mol. The summed E-state index contributed by atoms with van der Waals surface area (Å²) in [7, 11) is 0. The molecular weight excluding hydrogens is 126 g/mol. The van der Waals surface area contributed by atoms with E-state index in [4.69, 9.17) is 11.5 Å². The predicted octanol–water partition coefficient (Wildman–Crippen LogP) is 0.0401. The maximum atomic E-state index is 5.63. The van der Waals surface area contributed by atoms with E-state index in [0.29, 0.717) is 6.54 Å². The van der Waals surface area contributed by atoms with Crippen LogP contribution in [-0.2, 0) is 0 Å². The normalized spacial score (nSPS) is 13.0. The maximum Gasteiger partial charge on any atom is 0.0434 e.